The molecular weight excluding hydrogens is 278 g/mol. The van der Waals surface area contributed by atoms with Crippen LogP contribution < -0.4 is 5.73 Å². The summed E-state index contributed by atoms with van der Waals surface area (Å²) >= 11 is 1.94. The van der Waals surface area contributed by atoms with Crippen LogP contribution in [0.2, 0.25) is 0 Å². The molecule has 0 aliphatic carbocycles. The van der Waals surface area contributed by atoms with Crippen molar-refractivity contribution in [1.29, 1.82) is 0 Å². The Morgan fingerprint density at radius 1 is 1.33 bits per heavy atom. The lowest BCUT2D eigenvalue weighted by atomic mass is 9.95. The van der Waals surface area contributed by atoms with Gasteiger partial charge in [-0.3, -0.25) is 4.90 Å². The predicted molar refractivity (Wildman–Crippen MR) is 93.1 cm³/mol. The number of hydrogen-bond donors (Lipinski definition) is 1. The number of hydrogen-bond acceptors (Lipinski definition) is 4. The Morgan fingerprint density at radius 3 is 2.62 bits per heavy atom. The molecule has 3 nitrogen and oxygen atoms in total. The minimum Gasteiger partial charge on any atom is -0.329 e. The Labute approximate surface area is 134 Å². The second-order valence-corrected chi connectivity index (χ2v) is 8.52. The molecule has 2 atom stereocenters. The van der Waals surface area contributed by atoms with E-state index in [9.17, 15) is 0 Å². The SMILES string of the molecule is CC1CN(C)CCCN1C(CN)c1ccc(C(C)(C)C)s1. The molecule has 0 amide bonds. The zero-order valence-corrected chi connectivity index (χ0v) is 15.0. The zero-order valence-electron chi connectivity index (χ0n) is 14.2. The molecule has 21 heavy (non-hydrogen) atoms. The molecule has 1 aromatic heterocycles. The Hall–Kier alpha value is -0.420. The topological polar surface area (TPSA) is 32.5 Å². The van der Waals surface area contributed by atoms with E-state index in [0.29, 0.717) is 18.6 Å². The number of rotatable bonds is 3. The standard InChI is InChI=1S/C17H31N3S/c1-13-12-19(5)9-6-10-20(13)14(11-18)15-7-8-16(21-15)17(2,3)4/h7-8,13-14H,6,9-12,18H2,1-5H3. The summed E-state index contributed by atoms with van der Waals surface area (Å²) in [5.41, 5.74) is 6.38. The van der Waals surface area contributed by atoms with Crippen LogP contribution in [0, 0.1) is 0 Å². The van der Waals surface area contributed by atoms with E-state index in [2.05, 4.69) is 56.7 Å². The normalized spacial score (nSPS) is 24.0. The summed E-state index contributed by atoms with van der Waals surface area (Å²) < 4.78 is 0. The van der Waals surface area contributed by atoms with Gasteiger partial charge in [0.1, 0.15) is 0 Å². The second-order valence-electron chi connectivity index (χ2n) is 7.41. The van der Waals surface area contributed by atoms with Gasteiger partial charge in [0.25, 0.3) is 0 Å². The van der Waals surface area contributed by atoms with E-state index in [-0.39, 0.29) is 5.41 Å². The summed E-state index contributed by atoms with van der Waals surface area (Å²) in [4.78, 5) is 7.93. The second kappa shape index (κ2) is 6.78. The Bertz CT molecular complexity index is 449. The highest BCUT2D eigenvalue weighted by atomic mass is 32.1. The fraction of sp³-hybridized carbons (Fsp3) is 0.765. The van der Waals surface area contributed by atoms with Crippen molar-refractivity contribution in [3.8, 4) is 0 Å². The van der Waals surface area contributed by atoms with Crippen LogP contribution in [0.4, 0.5) is 0 Å². The van der Waals surface area contributed by atoms with Gasteiger partial charge in [-0.05, 0) is 44.5 Å². The third-order valence-corrected chi connectivity index (χ3v) is 6.03. The molecule has 0 radical (unpaired) electrons. The molecule has 0 spiro atoms. The molecule has 1 aliphatic rings. The van der Waals surface area contributed by atoms with Crippen molar-refractivity contribution in [2.75, 3.05) is 33.2 Å². The molecular formula is C17H31N3S. The van der Waals surface area contributed by atoms with E-state index in [0.717, 1.165) is 13.1 Å². The summed E-state index contributed by atoms with van der Waals surface area (Å²) in [5, 5.41) is 0. The average molecular weight is 310 g/mol. The molecule has 1 saturated heterocycles. The van der Waals surface area contributed by atoms with E-state index in [1.807, 2.05) is 11.3 Å². The first-order valence-corrected chi connectivity index (χ1v) is 8.89. The van der Waals surface area contributed by atoms with Crippen LogP contribution in [-0.2, 0) is 5.41 Å². The van der Waals surface area contributed by atoms with Crippen LogP contribution in [0.25, 0.3) is 0 Å². The Morgan fingerprint density at radius 2 is 2.05 bits per heavy atom. The first kappa shape index (κ1) is 16.9. The van der Waals surface area contributed by atoms with Gasteiger partial charge in [0.05, 0.1) is 6.04 Å². The summed E-state index contributed by atoms with van der Waals surface area (Å²) in [7, 11) is 2.22. The maximum absolute atomic E-state index is 6.15. The van der Waals surface area contributed by atoms with E-state index < -0.39 is 0 Å². The van der Waals surface area contributed by atoms with Crippen LogP contribution in [0.5, 0.6) is 0 Å². The zero-order chi connectivity index (χ0) is 15.6. The van der Waals surface area contributed by atoms with Crippen molar-refractivity contribution in [2.24, 2.45) is 5.73 Å². The largest absolute Gasteiger partial charge is 0.329 e. The van der Waals surface area contributed by atoms with Crippen LogP contribution in [-0.4, -0.2) is 49.1 Å². The van der Waals surface area contributed by atoms with Gasteiger partial charge < -0.3 is 10.6 Å². The van der Waals surface area contributed by atoms with Crippen molar-refractivity contribution in [2.45, 2.75) is 51.6 Å². The highest BCUT2D eigenvalue weighted by Crippen LogP contribution is 2.35. The maximum atomic E-state index is 6.15. The van der Waals surface area contributed by atoms with E-state index in [4.69, 9.17) is 5.73 Å². The Kier molecular flexibility index (Phi) is 5.47. The fourth-order valence-corrected chi connectivity index (χ4v) is 4.40. The summed E-state index contributed by atoms with van der Waals surface area (Å²) in [5.74, 6) is 0. The highest BCUT2D eigenvalue weighted by molar-refractivity contribution is 7.12. The van der Waals surface area contributed by atoms with E-state index in [1.54, 1.807) is 0 Å². The molecule has 0 aromatic carbocycles. The highest BCUT2D eigenvalue weighted by Gasteiger charge is 2.28. The van der Waals surface area contributed by atoms with E-state index >= 15 is 0 Å². The number of likely N-dealkylation sites (N-methyl/N-ethyl adjacent to an activating group) is 1. The van der Waals surface area contributed by atoms with Gasteiger partial charge in [-0.2, -0.15) is 0 Å². The molecule has 1 aromatic rings. The average Bonchev–Trinajstić information content (AvgIpc) is 2.81. The lowest BCUT2D eigenvalue weighted by Gasteiger charge is -2.34. The van der Waals surface area contributed by atoms with Crippen LogP contribution in [0.3, 0.4) is 0 Å². The van der Waals surface area contributed by atoms with Gasteiger partial charge in [0, 0.05) is 35.4 Å². The third-order valence-electron chi connectivity index (χ3n) is 4.42. The molecule has 0 bridgehead atoms. The maximum Gasteiger partial charge on any atom is 0.0567 e. The third kappa shape index (κ3) is 4.07. The lowest BCUT2D eigenvalue weighted by molar-refractivity contribution is 0.148. The smallest absolute Gasteiger partial charge is 0.0567 e. The number of nitrogens with zero attached hydrogens (tertiary/aromatic N) is 2. The number of thiophene rings is 1. The molecule has 4 heteroatoms. The quantitative estimate of drug-likeness (QED) is 0.931. The van der Waals surface area contributed by atoms with Crippen molar-refractivity contribution in [3.05, 3.63) is 21.9 Å². The van der Waals surface area contributed by atoms with Gasteiger partial charge in [-0.25, -0.2) is 0 Å². The molecule has 1 aliphatic heterocycles. The van der Waals surface area contributed by atoms with Crippen LogP contribution >= 0.6 is 11.3 Å². The minimum atomic E-state index is 0.229. The number of nitrogens with two attached hydrogens (primary N) is 1. The van der Waals surface area contributed by atoms with Gasteiger partial charge in [-0.1, -0.05) is 20.8 Å². The minimum absolute atomic E-state index is 0.229. The molecule has 120 valence electrons. The molecule has 2 unspecified atom stereocenters. The molecule has 2 rings (SSSR count). The van der Waals surface area contributed by atoms with Gasteiger partial charge in [-0.15, -0.1) is 11.3 Å². The summed E-state index contributed by atoms with van der Waals surface area (Å²) in [6.45, 7) is 13.4. The fourth-order valence-electron chi connectivity index (χ4n) is 3.20. The van der Waals surface area contributed by atoms with Gasteiger partial charge in [0.15, 0.2) is 0 Å². The monoisotopic (exact) mass is 309 g/mol. The van der Waals surface area contributed by atoms with Crippen LogP contribution in [0.1, 0.15) is 49.9 Å². The first-order chi connectivity index (χ1) is 9.82. The van der Waals surface area contributed by atoms with Crippen molar-refractivity contribution < 1.29 is 0 Å². The molecule has 1 fully saturated rings. The van der Waals surface area contributed by atoms with Crippen molar-refractivity contribution >= 4 is 11.3 Å². The van der Waals surface area contributed by atoms with Gasteiger partial charge >= 0.3 is 0 Å². The summed E-state index contributed by atoms with van der Waals surface area (Å²) in [6.07, 6.45) is 1.23. The van der Waals surface area contributed by atoms with Crippen LogP contribution in [0.15, 0.2) is 12.1 Å². The van der Waals surface area contributed by atoms with Crippen molar-refractivity contribution in [1.82, 2.24) is 9.80 Å². The van der Waals surface area contributed by atoms with Gasteiger partial charge in [0.2, 0.25) is 0 Å². The predicted octanol–water partition coefficient (Wildman–Crippen LogP) is 3.07. The molecule has 0 saturated carbocycles. The van der Waals surface area contributed by atoms with E-state index in [1.165, 1.54) is 22.7 Å². The van der Waals surface area contributed by atoms with Crippen molar-refractivity contribution in [3.63, 3.8) is 0 Å². The summed E-state index contributed by atoms with van der Waals surface area (Å²) in [6, 6.07) is 5.51. The first-order valence-electron chi connectivity index (χ1n) is 8.07. The molecule has 2 heterocycles. The Balaban J connectivity index is 2.20. The lowest BCUT2D eigenvalue weighted by Crippen LogP contribution is -2.42. The molecule has 2 N–H and O–H groups in total.